The highest BCUT2D eigenvalue weighted by Crippen LogP contribution is 2.21. The van der Waals surface area contributed by atoms with Crippen LogP contribution in [0.1, 0.15) is 16.8 Å². The predicted molar refractivity (Wildman–Crippen MR) is 81.7 cm³/mol. The molecule has 1 aliphatic rings. The van der Waals surface area contributed by atoms with Crippen molar-refractivity contribution in [2.24, 2.45) is 0 Å². The molecule has 112 valence electrons. The summed E-state index contributed by atoms with van der Waals surface area (Å²) in [7, 11) is 0. The van der Waals surface area contributed by atoms with E-state index < -0.39 is 0 Å². The smallest absolute Gasteiger partial charge is 0.253 e. The van der Waals surface area contributed by atoms with Gasteiger partial charge in [0.25, 0.3) is 5.91 Å². The maximum atomic E-state index is 12.1. The SMILES string of the molecule is O=C(N[C@@H]1CC(=O)N(c2ccccc2)C1)c1ccc(=O)[nH]c1. The van der Waals surface area contributed by atoms with Gasteiger partial charge in [-0.15, -0.1) is 0 Å². The Morgan fingerprint density at radius 2 is 1.91 bits per heavy atom. The molecule has 1 aromatic carbocycles. The van der Waals surface area contributed by atoms with Gasteiger partial charge in [0.15, 0.2) is 0 Å². The first-order chi connectivity index (χ1) is 10.6. The van der Waals surface area contributed by atoms with E-state index in [0.29, 0.717) is 12.1 Å². The summed E-state index contributed by atoms with van der Waals surface area (Å²) in [5, 5.41) is 2.82. The lowest BCUT2D eigenvalue weighted by Crippen LogP contribution is -2.37. The number of para-hydroxylation sites is 1. The molecule has 2 aromatic rings. The number of hydrogen-bond acceptors (Lipinski definition) is 3. The Bertz CT molecular complexity index is 734. The van der Waals surface area contributed by atoms with E-state index in [-0.39, 0.29) is 29.8 Å². The quantitative estimate of drug-likeness (QED) is 0.883. The summed E-state index contributed by atoms with van der Waals surface area (Å²) in [5.41, 5.74) is 0.932. The van der Waals surface area contributed by atoms with Crippen molar-refractivity contribution in [1.82, 2.24) is 10.3 Å². The van der Waals surface area contributed by atoms with Crippen molar-refractivity contribution in [3.8, 4) is 0 Å². The predicted octanol–water partition coefficient (Wildman–Crippen LogP) is 0.910. The van der Waals surface area contributed by atoms with Gasteiger partial charge in [-0.25, -0.2) is 0 Å². The van der Waals surface area contributed by atoms with Crippen LogP contribution in [0, 0.1) is 0 Å². The lowest BCUT2D eigenvalue weighted by atomic mass is 10.2. The van der Waals surface area contributed by atoms with Crippen molar-refractivity contribution in [3.05, 3.63) is 64.6 Å². The highest BCUT2D eigenvalue weighted by Gasteiger charge is 2.31. The number of aromatic amines is 1. The summed E-state index contributed by atoms with van der Waals surface area (Å²) in [5.74, 6) is -0.318. The van der Waals surface area contributed by atoms with E-state index in [1.165, 1.54) is 18.3 Å². The maximum absolute atomic E-state index is 12.1. The fraction of sp³-hybridized carbons (Fsp3) is 0.188. The first-order valence-electron chi connectivity index (χ1n) is 6.98. The van der Waals surface area contributed by atoms with Crippen LogP contribution in [-0.4, -0.2) is 29.4 Å². The van der Waals surface area contributed by atoms with Crippen LogP contribution in [-0.2, 0) is 4.79 Å². The molecule has 2 heterocycles. The van der Waals surface area contributed by atoms with Crippen LogP contribution < -0.4 is 15.8 Å². The minimum Gasteiger partial charge on any atom is -0.347 e. The van der Waals surface area contributed by atoms with Crippen molar-refractivity contribution in [2.75, 3.05) is 11.4 Å². The molecule has 1 saturated heterocycles. The maximum Gasteiger partial charge on any atom is 0.253 e. The third kappa shape index (κ3) is 2.90. The zero-order valence-electron chi connectivity index (χ0n) is 11.8. The number of aromatic nitrogens is 1. The minimum absolute atomic E-state index is 0.0158. The van der Waals surface area contributed by atoms with Crippen molar-refractivity contribution >= 4 is 17.5 Å². The summed E-state index contributed by atoms with van der Waals surface area (Å²) < 4.78 is 0. The second-order valence-corrected chi connectivity index (χ2v) is 5.16. The van der Waals surface area contributed by atoms with Crippen LogP contribution in [0.15, 0.2) is 53.5 Å². The first-order valence-corrected chi connectivity index (χ1v) is 6.98. The number of hydrogen-bond donors (Lipinski definition) is 2. The third-order valence-electron chi connectivity index (χ3n) is 3.57. The normalized spacial score (nSPS) is 17.5. The molecule has 1 fully saturated rings. The van der Waals surface area contributed by atoms with Crippen molar-refractivity contribution < 1.29 is 9.59 Å². The fourth-order valence-electron chi connectivity index (χ4n) is 2.48. The van der Waals surface area contributed by atoms with E-state index in [1.807, 2.05) is 30.3 Å². The molecule has 1 aromatic heterocycles. The molecule has 3 rings (SSSR count). The van der Waals surface area contributed by atoms with Crippen LogP contribution in [0.4, 0.5) is 5.69 Å². The Balaban J connectivity index is 1.67. The van der Waals surface area contributed by atoms with Gasteiger partial charge in [0.1, 0.15) is 0 Å². The topological polar surface area (TPSA) is 82.3 Å². The minimum atomic E-state index is -0.302. The molecule has 2 amide bonds. The van der Waals surface area contributed by atoms with Gasteiger partial charge in [-0.05, 0) is 18.2 Å². The Kier molecular flexibility index (Phi) is 3.74. The molecule has 1 aliphatic heterocycles. The number of pyridine rings is 1. The number of anilines is 1. The number of benzene rings is 1. The summed E-state index contributed by atoms with van der Waals surface area (Å²) in [6, 6.07) is 11.9. The lowest BCUT2D eigenvalue weighted by molar-refractivity contribution is -0.117. The second kappa shape index (κ2) is 5.85. The highest BCUT2D eigenvalue weighted by atomic mass is 16.2. The highest BCUT2D eigenvalue weighted by molar-refractivity contribution is 5.98. The zero-order chi connectivity index (χ0) is 15.5. The van der Waals surface area contributed by atoms with Crippen LogP contribution in [0.3, 0.4) is 0 Å². The number of amides is 2. The molecule has 0 radical (unpaired) electrons. The summed E-state index contributed by atoms with van der Waals surface area (Å²) in [6.45, 7) is 0.442. The zero-order valence-corrected chi connectivity index (χ0v) is 11.8. The number of H-pyrrole nitrogens is 1. The first kappa shape index (κ1) is 14.1. The van der Waals surface area contributed by atoms with E-state index in [9.17, 15) is 14.4 Å². The molecular weight excluding hydrogens is 282 g/mol. The summed E-state index contributed by atoms with van der Waals surface area (Å²) in [4.78, 5) is 39.3. The Morgan fingerprint density at radius 1 is 1.14 bits per heavy atom. The Hall–Kier alpha value is -2.89. The molecule has 2 N–H and O–H groups in total. The largest absolute Gasteiger partial charge is 0.347 e. The number of carbonyl (C=O) groups is 2. The van der Waals surface area contributed by atoms with Gasteiger partial charge in [-0.3, -0.25) is 14.4 Å². The average molecular weight is 297 g/mol. The third-order valence-corrected chi connectivity index (χ3v) is 3.57. The lowest BCUT2D eigenvalue weighted by Gasteiger charge is -2.17. The van der Waals surface area contributed by atoms with Gasteiger partial charge in [-0.1, -0.05) is 18.2 Å². The van der Waals surface area contributed by atoms with E-state index in [4.69, 9.17) is 0 Å². The van der Waals surface area contributed by atoms with Gasteiger partial charge >= 0.3 is 0 Å². The average Bonchev–Trinajstić information content (AvgIpc) is 2.89. The van der Waals surface area contributed by atoms with Gasteiger partial charge in [-0.2, -0.15) is 0 Å². The standard InChI is InChI=1S/C16H15N3O3/c20-14-7-6-11(9-17-14)16(22)18-12-8-15(21)19(10-12)13-4-2-1-3-5-13/h1-7,9,12H,8,10H2,(H,17,20)(H,18,22)/t12-/m1/s1. The number of carbonyl (C=O) groups excluding carboxylic acids is 2. The van der Waals surface area contributed by atoms with Crippen LogP contribution in [0.5, 0.6) is 0 Å². The van der Waals surface area contributed by atoms with Gasteiger partial charge in [0, 0.05) is 30.9 Å². The van der Waals surface area contributed by atoms with Crippen molar-refractivity contribution in [2.45, 2.75) is 12.5 Å². The van der Waals surface area contributed by atoms with Crippen LogP contribution >= 0.6 is 0 Å². The molecule has 6 nitrogen and oxygen atoms in total. The fourth-order valence-corrected chi connectivity index (χ4v) is 2.48. The van der Waals surface area contributed by atoms with Gasteiger partial charge in [0.2, 0.25) is 11.5 Å². The molecule has 0 bridgehead atoms. The molecular formula is C16H15N3O3. The van der Waals surface area contributed by atoms with Gasteiger partial charge in [0.05, 0.1) is 11.6 Å². The van der Waals surface area contributed by atoms with E-state index in [2.05, 4.69) is 10.3 Å². The Morgan fingerprint density at radius 3 is 2.59 bits per heavy atom. The number of nitrogens with one attached hydrogen (secondary N) is 2. The van der Waals surface area contributed by atoms with Crippen LogP contribution in [0.2, 0.25) is 0 Å². The van der Waals surface area contributed by atoms with Gasteiger partial charge < -0.3 is 15.2 Å². The van der Waals surface area contributed by atoms with Crippen molar-refractivity contribution in [3.63, 3.8) is 0 Å². The van der Waals surface area contributed by atoms with Crippen molar-refractivity contribution in [1.29, 1.82) is 0 Å². The molecule has 0 aliphatic carbocycles. The second-order valence-electron chi connectivity index (χ2n) is 5.16. The van der Waals surface area contributed by atoms with E-state index in [1.54, 1.807) is 4.90 Å². The molecule has 0 spiro atoms. The molecule has 1 atom stereocenters. The van der Waals surface area contributed by atoms with Crippen LogP contribution in [0.25, 0.3) is 0 Å². The number of nitrogens with zero attached hydrogens (tertiary/aromatic N) is 1. The van der Waals surface area contributed by atoms with E-state index >= 15 is 0 Å². The monoisotopic (exact) mass is 297 g/mol. The summed E-state index contributed by atoms with van der Waals surface area (Å²) in [6.07, 6.45) is 1.63. The van der Waals surface area contributed by atoms with E-state index in [0.717, 1.165) is 5.69 Å². The molecule has 6 heteroatoms. The Labute approximate surface area is 126 Å². The molecule has 0 unspecified atom stereocenters. The summed E-state index contributed by atoms with van der Waals surface area (Å²) >= 11 is 0. The molecule has 0 saturated carbocycles. The molecule has 22 heavy (non-hydrogen) atoms. The number of rotatable bonds is 3.